The average molecular weight is 310 g/mol. The van der Waals surface area contributed by atoms with Crippen LogP contribution in [0.5, 0.6) is 0 Å². The molecule has 0 bridgehead atoms. The van der Waals surface area contributed by atoms with E-state index in [-0.39, 0.29) is 11.3 Å². The summed E-state index contributed by atoms with van der Waals surface area (Å²) in [6.45, 7) is 6.23. The number of aromatic nitrogens is 1. The van der Waals surface area contributed by atoms with Gasteiger partial charge in [0, 0.05) is 16.4 Å². The fourth-order valence-corrected chi connectivity index (χ4v) is 2.58. The van der Waals surface area contributed by atoms with Crippen molar-refractivity contribution in [2.45, 2.75) is 26.2 Å². The van der Waals surface area contributed by atoms with Gasteiger partial charge in [-0.15, -0.1) is 11.3 Å². The molecule has 2 rings (SSSR count). The van der Waals surface area contributed by atoms with Crippen molar-refractivity contribution in [2.75, 3.05) is 11.1 Å². The van der Waals surface area contributed by atoms with Gasteiger partial charge < -0.3 is 5.73 Å². The minimum atomic E-state index is -0.247. The van der Waals surface area contributed by atoms with E-state index in [1.165, 1.54) is 11.3 Å². The molecule has 0 atom stereocenters. The van der Waals surface area contributed by atoms with E-state index in [0.717, 1.165) is 5.69 Å². The lowest BCUT2D eigenvalue weighted by Crippen LogP contribution is -2.14. The fourth-order valence-electron chi connectivity index (χ4n) is 1.53. The number of hydrogen-bond acceptors (Lipinski definition) is 4. The Kier molecular flexibility index (Phi) is 4.01. The zero-order chi connectivity index (χ0) is 14.9. The van der Waals surface area contributed by atoms with E-state index in [2.05, 4.69) is 31.1 Å². The summed E-state index contributed by atoms with van der Waals surface area (Å²) in [4.78, 5) is 16.5. The molecule has 20 heavy (non-hydrogen) atoms. The van der Waals surface area contributed by atoms with Crippen molar-refractivity contribution in [3.63, 3.8) is 0 Å². The van der Waals surface area contributed by atoms with Crippen molar-refractivity contribution in [3.05, 3.63) is 39.9 Å². The highest BCUT2D eigenvalue weighted by molar-refractivity contribution is 7.14. The molecule has 0 fully saturated rings. The molecule has 1 aromatic carbocycles. The summed E-state index contributed by atoms with van der Waals surface area (Å²) >= 11 is 7.24. The van der Waals surface area contributed by atoms with E-state index in [4.69, 9.17) is 17.3 Å². The minimum absolute atomic E-state index is 0.0375. The van der Waals surface area contributed by atoms with Crippen LogP contribution in [-0.2, 0) is 5.41 Å². The summed E-state index contributed by atoms with van der Waals surface area (Å²) in [5, 5.41) is 5.73. The lowest BCUT2D eigenvalue weighted by atomic mass is 9.93. The first-order valence-corrected chi connectivity index (χ1v) is 7.35. The molecule has 3 N–H and O–H groups in total. The molecule has 1 heterocycles. The van der Waals surface area contributed by atoms with Gasteiger partial charge >= 0.3 is 0 Å². The molecule has 6 heteroatoms. The highest BCUT2D eigenvalue weighted by Gasteiger charge is 2.18. The number of benzene rings is 1. The predicted molar refractivity (Wildman–Crippen MR) is 84.6 cm³/mol. The van der Waals surface area contributed by atoms with Crippen molar-refractivity contribution in [1.82, 2.24) is 4.98 Å². The van der Waals surface area contributed by atoms with Gasteiger partial charge in [0.2, 0.25) is 0 Å². The number of nitrogens with one attached hydrogen (secondary N) is 1. The standard InChI is InChI=1S/C14H16ClN3OS/c1-14(2,3)11-7-20-13(17-11)18-12(19)8-4-5-9(15)10(16)6-8/h4-7H,16H2,1-3H3,(H,17,18,19). The quantitative estimate of drug-likeness (QED) is 0.826. The van der Waals surface area contributed by atoms with Gasteiger partial charge in [-0.25, -0.2) is 4.98 Å². The molecular formula is C14H16ClN3OS. The molecule has 0 aliphatic heterocycles. The van der Waals surface area contributed by atoms with Crippen molar-refractivity contribution in [1.29, 1.82) is 0 Å². The number of carbonyl (C=O) groups excluding carboxylic acids is 1. The van der Waals surface area contributed by atoms with Gasteiger partial charge in [0.15, 0.2) is 5.13 Å². The third-order valence-electron chi connectivity index (χ3n) is 2.75. The maximum Gasteiger partial charge on any atom is 0.257 e. The Morgan fingerprint density at radius 1 is 1.40 bits per heavy atom. The van der Waals surface area contributed by atoms with Gasteiger partial charge in [-0.1, -0.05) is 32.4 Å². The lowest BCUT2D eigenvalue weighted by Gasteiger charge is -2.14. The third kappa shape index (κ3) is 3.29. The van der Waals surface area contributed by atoms with Crippen LogP contribution in [0, 0.1) is 0 Å². The van der Waals surface area contributed by atoms with E-state index in [1.54, 1.807) is 18.2 Å². The zero-order valence-corrected chi connectivity index (χ0v) is 13.1. The van der Waals surface area contributed by atoms with E-state index in [1.807, 2.05) is 5.38 Å². The first kappa shape index (κ1) is 14.8. The second kappa shape index (κ2) is 5.42. The van der Waals surface area contributed by atoms with Crippen molar-refractivity contribution in [3.8, 4) is 0 Å². The molecule has 1 aromatic heterocycles. The Hall–Kier alpha value is -1.59. The smallest absolute Gasteiger partial charge is 0.257 e. The third-order valence-corrected chi connectivity index (χ3v) is 3.85. The van der Waals surface area contributed by atoms with Crippen LogP contribution in [0.2, 0.25) is 5.02 Å². The second-order valence-electron chi connectivity index (χ2n) is 5.48. The van der Waals surface area contributed by atoms with Crippen molar-refractivity contribution < 1.29 is 4.79 Å². The number of nitrogens with two attached hydrogens (primary N) is 1. The molecule has 0 unspecified atom stereocenters. The van der Waals surface area contributed by atoms with Crippen molar-refractivity contribution >= 4 is 39.7 Å². The fraction of sp³-hybridized carbons (Fsp3) is 0.286. The van der Waals surface area contributed by atoms with Gasteiger partial charge in [0.1, 0.15) is 0 Å². The number of rotatable bonds is 2. The zero-order valence-electron chi connectivity index (χ0n) is 11.5. The Labute approximate surface area is 127 Å². The van der Waals surface area contributed by atoms with Gasteiger partial charge in [-0.2, -0.15) is 0 Å². The number of nitrogen functional groups attached to an aromatic ring is 1. The highest BCUT2D eigenvalue weighted by Crippen LogP contribution is 2.27. The van der Waals surface area contributed by atoms with Crippen LogP contribution in [0.15, 0.2) is 23.6 Å². The van der Waals surface area contributed by atoms with Gasteiger partial charge in [-0.3, -0.25) is 10.1 Å². The Morgan fingerprint density at radius 2 is 2.10 bits per heavy atom. The molecule has 4 nitrogen and oxygen atoms in total. The number of anilines is 2. The first-order valence-electron chi connectivity index (χ1n) is 6.10. The molecule has 0 saturated carbocycles. The summed E-state index contributed by atoms with van der Waals surface area (Å²) in [5.74, 6) is -0.247. The van der Waals surface area contributed by atoms with E-state index in [0.29, 0.717) is 21.4 Å². The summed E-state index contributed by atoms with van der Waals surface area (Å²) in [5.41, 5.74) is 7.44. The van der Waals surface area contributed by atoms with E-state index >= 15 is 0 Å². The second-order valence-corrected chi connectivity index (χ2v) is 6.74. The molecular weight excluding hydrogens is 294 g/mol. The Morgan fingerprint density at radius 3 is 2.65 bits per heavy atom. The summed E-state index contributed by atoms with van der Waals surface area (Å²) < 4.78 is 0. The Balaban J connectivity index is 2.15. The summed E-state index contributed by atoms with van der Waals surface area (Å²) in [6, 6.07) is 4.79. The van der Waals surface area contributed by atoms with Crippen LogP contribution in [0.25, 0.3) is 0 Å². The predicted octanol–water partition coefficient (Wildman–Crippen LogP) is 3.93. The number of amides is 1. The normalized spacial score (nSPS) is 11.4. The highest BCUT2D eigenvalue weighted by atomic mass is 35.5. The number of nitrogens with zero attached hydrogens (tertiary/aromatic N) is 1. The molecule has 0 spiro atoms. The van der Waals surface area contributed by atoms with Crippen LogP contribution in [0.1, 0.15) is 36.8 Å². The molecule has 0 aliphatic rings. The van der Waals surface area contributed by atoms with Crippen LogP contribution < -0.4 is 11.1 Å². The number of thiazole rings is 1. The molecule has 106 valence electrons. The molecule has 2 aromatic rings. The number of halogens is 1. The molecule has 1 amide bonds. The van der Waals surface area contributed by atoms with E-state index < -0.39 is 0 Å². The molecule has 0 aliphatic carbocycles. The van der Waals surface area contributed by atoms with Crippen LogP contribution in [0.3, 0.4) is 0 Å². The number of carbonyl (C=O) groups is 1. The summed E-state index contributed by atoms with van der Waals surface area (Å²) in [6.07, 6.45) is 0. The maximum absolute atomic E-state index is 12.1. The van der Waals surface area contributed by atoms with Gasteiger partial charge in [0.05, 0.1) is 16.4 Å². The lowest BCUT2D eigenvalue weighted by molar-refractivity contribution is 0.102. The SMILES string of the molecule is CC(C)(C)c1csc(NC(=O)c2ccc(Cl)c(N)c2)n1. The number of hydrogen-bond donors (Lipinski definition) is 2. The first-order chi connectivity index (χ1) is 9.27. The maximum atomic E-state index is 12.1. The van der Waals surface area contributed by atoms with E-state index in [9.17, 15) is 4.79 Å². The minimum Gasteiger partial charge on any atom is -0.398 e. The van der Waals surface area contributed by atoms with Crippen molar-refractivity contribution in [2.24, 2.45) is 0 Å². The summed E-state index contributed by atoms with van der Waals surface area (Å²) in [7, 11) is 0. The Bertz CT molecular complexity index is 646. The van der Waals surface area contributed by atoms with Gasteiger partial charge in [0.25, 0.3) is 5.91 Å². The van der Waals surface area contributed by atoms with Gasteiger partial charge in [-0.05, 0) is 18.2 Å². The topological polar surface area (TPSA) is 68.0 Å². The molecule has 0 saturated heterocycles. The van der Waals surface area contributed by atoms with Crippen LogP contribution >= 0.6 is 22.9 Å². The largest absolute Gasteiger partial charge is 0.398 e. The monoisotopic (exact) mass is 309 g/mol. The van der Waals surface area contributed by atoms with Crippen LogP contribution in [0.4, 0.5) is 10.8 Å². The average Bonchev–Trinajstić information content (AvgIpc) is 2.81. The molecule has 0 radical (unpaired) electrons. The van der Waals surface area contributed by atoms with Crippen LogP contribution in [-0.4, -0.2) is 10.9 Å².